The number of ether oxygens (including phenoxy) is 1. The van der Waals surface area contributed by atoms with Crippen LogP contribution in [0.1, 0.15) is 17.7 Å². The van der Waals surface area contributed by atoms with Gasteiger partial charge in [-0.05, 0) is 17.7 Å². The van der Waals surface area contributed by atoms with Gasteiger partial charge in [-0.1, -0.05) is 63.7 Å². The predicted molar refractivity (Wildman–Crippen MR) is 90.3 cm³/mol. The lowest BCUT2D eigenvalue weighted by Gasteiger charge is -2.36. The fourth-order valence-electron chi connectivity index (χ4n) is 2.31. The summed E-state index contributed by atoms with van der Waals surface area (Å²) in [5.41, 5.74) is -1.63. The second-order valence-electron chi connectivity index (χ2n) is 5.32. The van der Waals surface area contributed by atoms with Crippen LogP contribution in [0, 0.1) is 0 Å². The molecule has 0 spiro atoms. The molecule has 12 heteroatoms. The van der Waals surface area contributed by atoms with E-state index >= 15 is 0 Å². The van der Waals surface area contributed by atoms with Gasteiger partial charge in [-0.3, -0.25) is 5.10 Å². The van der Waals surface area contributed by atoms with E-state index in [1.54, 1.807) is 0 Å². The molecule has 1 aromatic carbocycles. The number of esters is 1. The third kappa shape index (κ3) is 5.64. The van der Waals surface area contributed by atoms with Gasteiger partial charge in [-0.2, -0.15) is 13.2 Å². The van der Waals surface area contributed by atoms with Gasteiger partial charge in [0, 0.05) is 24.1 Å². The maximum Gasteiger partial charge on any atom is 0.490 e. The van der Waals surface area contributed by atoms with E-state index in [0.29, 0.717) is 5.02 Å². The Morgan fingerprint density at radius 2 is 1.77 bits per heavy atom. The van der Waals surface area contributed by atoms with Crippen LogP contribution in [-0.2, 0) is 21.6 Å². The van der Waals surface area contributed by atoms with Crippen molar-refractivity contribution in [3.05, 3.63) is 46.7 Å². The van der Waals surface area contributed by atoms with E-state index in [-0.39, 0.29) is 17.7 Å². The van der Waals surface area contributed by atoms with E-state index in [1.165, 1.54) is 30.5 Å². The Bertz CT molecular complexity index is 748. The molecule has 0 fully saturated rings. The first kappa shape index (κ1) is 21.1. The Morgan fingerprint density at radius 1 is 1.15 bits per heavy atom. The molecule has 1 unspecified atom stereocenters. The summed E-state index contributed by atoms with van der Waals surface area (Å²) in [7, 11) is 0. The number of halogens is 7. The van der Waals surface area contributed by atoms with Crippen molar-refractivity contribution in [3.8, 4) is 0 Å². The summed E-state index contributed by atoms with van der Waals surface area (Å²) in [5.74, 6) is -2.43. The third-order valence-electron chi connectivity index (χ3n) is 3.31. The molecule has 1 atom stereocenters. The second kappa shape index (κ2) is 7.80. The SMILES string of the molecule is O=C(OC(Cc1c[nH]nn1)(CC(Cl)(Cl)Cl)c1ccc(Cl)cc1)C(F)(F)F. The molecule has 0 radical (unpaired) electrons. The molecule has 2 aromatic rings. The molecule has 2 rings (SSSR count). The van der Waals surface area contributed by atoms with Gasteiger partial charge < -0.3 is 4.74 Å². The van der Waals surface area contributed by atoms with Crippen molar-refractivity contribution in [1.29, 1.82) is 0 Å². The van der Waals surface area contributed by atoms with Crippen molar-refractivity contribution in [3.63, 3.8) is 0 Å². The number of aromatic amines is 1. The summed E-state index contributed by atoms with van der Waals surface area (Å²) in [6.45, 7) is 0. The van der Waals surface area contributed by atoms with Crippen LogP contribution in [0.15, 0.2) is 30.5 Å². The molecule has 26 heavy (non-hydrogen) atoms. The molecule has 1 N–H and O–H groups in total. The molecule has 1 aromatic heterocycles. The number of benzene rings is 1. The van der Waals surface area contributed by atoms with Crippen molar-refractivity contribution >= 4 is 52.4 Å². The standard InChI is InChI=1S/C14H10Cl4F3N3O2/c15-9-3-1-8(2-4-9)12(7-13(16,17)18,5-10-6-22-24-23-10)26-11(25)14(19,20)21/h1-4,6H,5,7H2,(H,22,23,24). The Morgan fingerprint density at radius 3 is 2.23 bits per heavy atom. The highest BCUT2D eigenvalue weighted by Gasteiger charge is 2.50. The van der Waals surface area contributed by atoms with Gasteiger partial charge in [0.25, 0.3) is 0 Å². The minimum absolute atomic E-state index is 0.147. The number of hydrogen-bond donors (Lipinski definition) is 1. The third-order valence-corrected chi connectivity index (χ3v) is 3.96. The summed E-state index contributed by atoms with van der Waals surface area (Å²) in [6.07, 6.45) is -4.80. The number of aromatic nitrogens is 3. The maximum absolute atomic E-state index is 12.8. The summed E-state index contributed by atoms with van der Waals surface area (Å²) in [5, 5.41) is 9.93. The lowest BCUT2D eigenvalue weighted by atomic mass is 9.86. The number of nitrogens with one attached hydrogen (secondary N) is 1. The van der Waals surface area contributed by atoms with E-state index in [2.05, 4.69) is 15.4 Å². The molecule has 142 valence electrons. The highest BCUT2D eigenvalue weighted by Crippen LogP contribution is 2.45. The average molecular weight is 451 g/mol. The van der Waals surface area contributed by atoms with E-state index in [4.69, 9.17) is 51.1 Å². The fraction of sp³-hybridized carbons (Fsp3) is 0.357. The van der Waals surface area contributed by atoms with Crippen LogP contribution in [0.3, 0.4) is 0 Å². The zero-order valence-electron chi connectivity index (χ0n) is 12.7. The molecule has 0 aliphatic rings. The van der Waals surface area contributed by atoms with Crippen molar-refractivity contribution in [2.24, 2.45) is 0 Å². The number of rotatable bonds is 5. The Hall–Kier alpha value is -1.22. The summed E-state index contributed by atoms with van der Waals surface area (Å²) < 4.78 is 41.3. The van der Waals surface area contributed by atoms with Gasteiger partial charge >= 0.3 is 12.1 Å². The molecular weight excluding hydrogens is 441 g/mol. The van der Waals surface area contributed by atoms with Gasteiger partial charge in [-0.25, -0.2) is 4.79 Å². The summed E-state index contributed by atoms with van der Waals surface area (Å²) in [6, 6.07) is 5.58. The molecule has 0 amide bonds. The van der Waals surface area contributed by atoms with Gasteiger partial charge in [0.2, 0.25) is 0 Å². The molecule has 1 heterocycles. The lowest BCUT2D eigenvalue weighted by Crippen LogP contribution is -2.42. The second-order valence-corrected chi connectivity index (χ2v) is 8.27. The number of hydrogen-bond acceptors (Lipinski definition) is 4. The molecule has 0 aliphatic heterocycles. The molecular formula is C14H10Cl4F3N3O2. The highest BCUT2D eigenvalue weighted by molar-refractivity contribution is 6.67. The Balaban J connectivity index is 2.56. The minimum atomic E-state index is -5.24. The van der Waals surface area contributed by atoms with Crippen LogP contribution in [0.4, 0.5) is 13.2 Å². The summed E-state index contributed by atoms with van der Waals surface area (Å²) in [4.78, 5) is 11.6. The van der Waals surface area contributed by atoms with Crippen LogP contribution in [0.5, 0.6) is 0 Å². The van der Waals surface area contributed by atoms with Crippen molar-refractivity contribution in [1.82, 2.24) is 15.4 Å². The van der Waals surface area contributed by atoms with Crippen molar-refractivity contribution in [2.45, 2.75) is 28.4 Å². The van der Waals surface area contributed by atoms with E-state index < -0.39 is 28.0 Å². The maximum atomic E-state index is 12.8. The predicted octanol–water partition coefficient (Wildman–Crippen LogP) is 4.76. The van der Waals surface area contributed by atoms with Crippen LogP contribution in [0.25, 0.3) is 0 Å². The van der Waals surface area contributed by atoms with Gasteiger partial charge in [0.1, 0.15) is 5.60 Å². The van der Waals surface area contributed by atoms with E-state index in [0.717, 1.165) is 0 Å². The van der Waals surface area contributed by atoms with Crippen LogP contribution < -0.4 is 0 Å². The highest BCUT2D eigenvalue weighted by atomic mass is 35.6. The Labute approximate surface area is 165 Å². The molecule has 0 saturated carbocycles. The van der Waals surface area contributed by atoms with E-state index in [9.17, 15) is 18.0 Å². The average Bonchev–Trinajstić information content (AvgIpc) is 2.97. The first-order valence-electron chi connectivity index (χ1n) is 6.90. The number of carbonyl (C=O) groups excluding carboxylic acids is 1. The zero-order valence-corrected chi connectivity index (χ0v) is 15.7. The first-order valence-corrected chi connectivity index (χ1v) is 8.41. The van der Waals surface area contributed by atoms with Gasteiger partial charge in [-0.15, -0.1) is 5.10 Å². The number of nitrogens with zero attached hydrogens (tertiary/aromatic N) is 2. The van der Waals surface area contributed by atoms with Crippen molar-refractivity contribution < 1.29 is 22.7 Å². The quantitative estimate of drug-likeness (QED) is 0.526. The molecule has 0 saturated heterocycles. The van der Waals surface area contributed by atoms with Gasteiger partial charge in [0.15, 0.2) is 3.79 Å². The zero-order chi connectivity index (χ0) is 19.6. The molecule has 0 bridgehead atoms. The topological polar surface area (TPSA) is 67.9 Å². The van der Waals surface area contributed by atoms with Crippen molar-refractivity contribution in [2.75, 3.05) is 0 Å². The van der Waals surface area contributed by atoms with Crippen LogP contribution in [0.2, 0.25) is 5.02 Å². The lowest BCUT2D eigenvalue weighted by molar-refractivity contribution is -0.216. The minimum Gasteiger partial charge on any atom is -0.447 e. The van der Waals surface area contributed by atoms with Crippen LogP contribution >= 0.6 is 46.4 Å². The molecule has 5 nitrogen and oxygen atoms in total. The number of carbonyl (C=O) groups is 1. The normalized spacial score (nSPS) is 14.7. The first-order chi connectivity index (χ1) is 11.9. The monoisotopic (exact) mass is 449 g/mol. The largest absolute Gasteiger partial charge is 0.490 e. The number of alkyl halides is 6. The summed E-state index contributed by atoms with van der Waals surface area (Å²) >= 11 is 23.3. The number of H-pyrrole nitrogens is 1. The smallest absolute Gasteiger partial charge is 0.447 e. The Kier molecular flexibility index (Phi) is 6.32. The van der Waals surface area contributed by atoms with Crippen LogP contribution in [-0.4, -0.2) is 31.3 Å². The van der Waals surface area contributed by atoms with Gasteiger partial charge in [0.05, 0.1) is 5.69 Å². The fourth-order valence-corrected chi connectivity index (χ4v) is 3.09. The molecule has 0 aliphatic carbocycles. The van der Waals surface area contributed by atoms with E-state index in [1.807, 2.05) is 0 Å².